The number of aromatic amines is 1. The van der Waals surface area contributed by atoms with Gasteiger partial charge in [-0.3, -0.25) is 9.89 Å². The number of phenolic OH excluding ortho intramolecular Hbond substituents is 1. The molecule has 2 rings (SSSR count). The van der Waals surface area contributed by atoms with Gasteiger partial charge in [-0.1, -0.05) is 0 Å². The van der Waals surface area contributed by atoms with Crippen LogP contribution in [0.25, 0.3) is 0 Å². The van der Waals surface area contributed by atoms with Crippen LogP contribution in [0, 0.1) is 10.5 Å². The molecule has 0 bridgehead atoms. The second-order valence-corrected chi connectivity index (χ2v) is 5.35. The lowest BCUT2D eigenvalue weighted by Gasteiger charge is -2.06. The SMILES string of the molecule is COc1cc(/C=N/NC(=O)c2cc(C)[nH]n2)cc(I)c1O. The van der Waals surface area contributed by atoms with E-state index in [-0.39, 0.29) is 11.4 Å². The molecule has 1 aromatic heterocycles. The number of benzene rings is 1. The molecule has 2 aromatic rings. The number of aryl methyl sites for hydroxylation is 1. The second kappa shape index (κ2) is 6.57. The predicted molar refractivity (Wildman–Crippen MR) is 85.8 cm³/mol. The van der Waals surface area contributed by atoms with E-state index in [1.165, 1.54) is 13.3 Å². The Kier molecular flexibility index (Phi) is 4.78. The number of phenols is 1. The average molecular weight is 400 g/mol. The normalized spacial score (nSPS) is 10.8. The quantitative estimate of drug-likeness (QED) is 0.414. The van der Waals surface area contributed by atoms with Gasteiger partial charge in [-0.25, -0.2) is 5.43 Å². The molecular formula is C13H13IN4O3. The molecule has 0 saturated heterocycles. The minimum absolute atomic E-state index is 0.0753. The zero-order valence-electron chi connectivity index (χ0n) is 11.3. The van der Waals surface area contributed by atoms with Gasteiger partial charge in [0.15, 0.2) is 17.2 Å². The fraction of sp³-hybridized carbons (Fsp3) is 0.154. The van der Waals surface area contributed by atoms with Crippen molar-refractivity contribution in [3.8, 4) is 11.5 Å². The van der Waals surface area contributed by atoms with Crippen molar-refractivity contribution >= 4 is 34.7 Å². The fourth-order valence-corrected chi connectivity index (χ4v) is 2.21. The molecular weight excluding hydrogens is 387 g/mol. The minimum Gasteiger partial charge on any atom is -0.504 e. The van der Waals surface area contributed by atoms with Crippen LogP contribution in [-0.4, -0.2) is 34.5 Å². The van der Waals surface area contributed by atoms with Crippen LogP contribution in [-0.2, 0) is 0 Å². The summed E-state index contributed by atoms with van der Waals surface area (Å²) in [6.07, 6.45) is 1.46. The molecule has 0 aliphatic rings. The monoisotopic (exact) mass is 400 g/mol. The van der Waals surface area contributed by atoms with E-state index in [0.29, 0.717) is 14.9 Å². The molecule has 1 heterocycles. The van der Waals surface area contributed by atoms with Gasteiger partial charge in [0.05, 0.1) is 16.9 Å². The number of nitrogens with zero attached hydrogens (tertiary/aromatic N) is 2. The number of rotatable bonds is 4. The van der Waals surface area contributed by atoms with Crippen LogP contribution in [0.5, 0.6) is 11.5 Å². The summed E-state index contributed by atoms with van der Waals surface area (Å²) >= 11 is 1.98. The zero-order valence-corrected chi connectivity index (χ0v) is 13.5. The largest absolute Gasteiger partial charge is 0.504 e. The smallest absolute Gasteiger partial charge is 0.291 e. The zero-order chi connectivity index (χ0) is 15.4. The molecule has 0 aliphatic heterocycles. The molecule has 110 valence electrons. The number of methoxy groups -OCH3 is 1. The van der Waals surface area contributed by atoms with Crippen LogP contribution in [0.3, 0.4) is 0 Å². The third kappa shape index (κ3) is 3.72. The van der Waals surface area contributed by atoms with Crippen molar-refractivity contribution < 1.29 is 14.6 Å². The Bertz CT molecular complexity index is 697. The Balaban J connectivity index is 2.08. The number of hydrogen-bond donors (Lipinski definition) is 3. The number of nitrogens with one attached hydrogen (secondary N) is 2. The van der Waals surface area contributed by atoms with Crippen LogP contribution in [0.1, 0.15) is 21.7 Å². The highest BCUT2D eigenvalue weighted by Gasteiger charge is 2.09. The van der Waals surface area contributed by atoms with E-state index >= 15 is 0 Å². The molecule has 0 aliphatic carbocycles. The number of ether oxygens (including phenoxy) is 1. The predicted octanol–water partition coefficient (Wildman–Crippen LogP) is 1.80. The van der Waals surface area contributed by atoms with Crippen molar-refractivity contribution in [1.29, 1.82) is 0 Å². The molecule has 0 saturated carbocycles. The Morgan fingerprint density at radius 2 is 2.29 bits per heavy atom. The number of hydrazone groups is 1. The third-order valence-corrected chi connectivity index (χ3v) is 3.41. The topological polar surface area (TPSA) is 99.6 Å². The van der Waals surface area contributed by atoms with Crippen molar-refractivity contribution in [3.05, 3.63) is 38.7 Å². The number of aromatic hydroxyl groups is 1. The van der Waals surface area contributed by atoms with Crippen molar-refractivity contribution in [2.75, 3.05) is 7.11 Å². The molecule has 1 amide bonds. The molecule has 0 atom stereocenters. The first-order valence-corrected chi connectivity index (χ1v) is 7.01. The van der Waals surface area contributed by atoms with Gasteiger partial charge < -0.3 is 9.84 Å². The summed E-state index contributed by atoms with van der Waals surface area (Å²) in [6, 6.07) is 4.95. The lowest BCUT2D eigenvalue weighted by molar-refractivity contribution is 0.0950. The van der Waals surface area contributed by atoms with Crippen LogP contribution >= 0.6 is 22.6 Å². The van der Waals surface area contributed by atoms with E-state index in [2.05, 4.69) is 20.7 Å². The summed E-state index contributed by atoms with van der Waals surface area (Å²) < 4.78 is 5.68. The molecule has 7 nitrogen and oxygen atoms in total. The van der Waals surface area contributed by atoms with Gasteiger partial charge in [-0.2, -0.15) is 10.2 Å². The summed E-state index contributed by atoms with van der Waals surface area (Å²) in [7, 11) is 1.47. The number of halogens is 1. The van der Waals surface area contributed by atoms with Crippen LogP contribution in [0.4, 0.5) is 0 Å². The first kappa shape index (κ1) is 15.3. The maximum atomic E-state index is 11.7. The average Bonchev–Trinajstić information content (AvgIpc) is 2.89. The maximum Gasteiger partial charge on any atom is 0.291 e. The number of aromatic nitrogens is 2. The number of carbonyl (C=O) groups excluding carboxylic acids is 1. The lowest BCUT2D eigenvalue weighted by Crippen LogP contribution is -2.18. The van der Waals surface area contributed by atoms with Gasteiger partial charge >= 0.3 is 0 Å². The van der Waals surface area contributed by atoms with E-state index in [1.807, 2.05) is 22.6 Å². The molecule has 21 heavy (non-hydrogen) atoms. The third-order valence-electron chi connectivity index (χ3n) is 2.59. The van der Waals surface area contributed by atoms with Gasteiger partial charge in [-0.15, -0.1) is 0 Å². The Morgan fingerprint density at radius 1 is 1.52 bits per heavy atom. The minimum atomic E-state index is -0.406. The van der Waals surface area contributed by atoms with Gasteiger partial charge in [0, 0.05) is 5.69 Å². The molecule has 3 N–H and O–H groups in total. The van der Waals surface area contributed by atoms with Gasteiger partial charge in [0.1, 0.15) is 0 Å². The van der Waals surface area contributed by atoms with Crippen molar-refractivity contribution in [2.24, 2.45) is 5.10 Å². The highest BCUT2D eigenvalue weighted by molar-refractivity contribution is 14.1. The van der Waals surface area contributed by atoms with Gasteiger partial charge in [0.2, 0.25) is 0 Å². The van der Waals surface area contributed by atoms with Crippen LogP contribution in [0.15, 0.2) is 23.3 Å². The van der Waals surface area contributed by atoms with Crippen LogP contribution < -0.4 is 10.2 Å². The summed E-state index contributed by atoms with van der Waals surface area (Å²) in [5.41, 5.74) is 4.12. The second-order valence-electron chi connectivity index (χ2n) is 4.19. The van der Waals surface area contributed by atoms with E-state index in [4.69, 9.17) is 4.74 Å². The van der Waals surface area contributed by atoms with Gasteiger partial charge in [-0.05, 0) is 53.3 Å². The Hall–Kier alpha value is -2.10. The van der Waals surface area contributed by atoms with E-state index in [9.17, 15) is 9.90 Å². The number of carbonyl (C=O) groups is 1. The Morgan fingerprint density at radius 3 is 2.90 bits per heavy atom. The summed E-state index contributed by atoms with van der Waals surface area (Å²) in [5.74, 6) is 0.0138. The Labute approximate surface area is 134 Å². The fourth-order valence-electron chi connectivity index (χ4n) is 1.58. The van der Waals surface area contributed by atoms with E-state index in [0.717, 1.165) is 5.69 Å². The maximum absolute atomic E-state index is 11.7. The summed E-state index contributed by atoms with van der Waals surface area (Å²) in [6.45, 7) is 1.80. The van der Waals surface area contributed by atoms with Crippen molar-refractivity contribution in [2.45, 2.75) is 6.92 Å². The molecule has 0 radical (unpaired) electrons. The summed E-state index contributed by atoms with van der Waals surface area (Å²) in [5, 5.41) is 20.1. The molecule has 0 fully saturated rings. The standard InChI is InChI=1S/C13H13IN4O3/c1-7-3-10(17-16-7)13(20)18-15-6-8-4-9(14)12(19)11(5-8)21-2/h3-6,19H,1-2H3,(H,16,17)(H,18,20)/b15-6+. The number of H-pyrrole nitrogens is 1. The molecule has 0 unspecified atom stereocenters. The first-order chi connectivity index (χ1) is 10.0. The van der Waals surface area contributed by atoms with E-state index < -0.39 is 5.91 Å². The highest BCUT2D eigenvalue weighted by Crippen LogP contribution is 2.31. The molecule has 8 heteroatoms. The molecule has 1 aromatic carbocycles. The lowest BCUT2D eigenvalue weighted by atomic mass is 10.2. The van der Waals surface area contributed by atoms with Gasteiger partial charge in [0.25, 0.3) is 5.91 Å². The number of amides is 1. The summed E-state index contributed by atoms with van der Waals surface area (Å²) in [4.78, 5) is 11.7. The number of hydrogen-bond acceptors (Lipinski definition) is 5. The first-order valence-electron chi connectivity index (χ1n) is 5.93. The van der Waals surface area contributed by atoms with Crippen molar-refractivity contribution in [1.82, 2.24) is 15.6 Å². The highest BCUT2D eigenvalue weighted by atomic mass is 127. The molecule has 0 spiro atoms. The van der Waals surface area contributed by atoms with Crippen molar-refractivity contribution in [3.63, 3.8) is 0 Å². The van der Waals surface area contributed by atoms with E-state index in [1.54, 1.807) is 25.1 Å². The van der Waals surface area contributed by atoms with Crippen LogP contribution in [0.2, 0.25) is 0 Å².